The van der Waals surface area contributed by atoms with Gasteiger partial charge in [0, 0.05) is 66.7 Å². The van der Waals surface area contributed by atoms with E-state index in [0.29, 0.717) is 10.1 Å². The van der Waals surface area contributed by atoms with Gasteiger partial charge in [-0.05, 0) is 12.1 Å². The SMILES string of the molecule is O=S(=O)([O-])[O-].O=S(=O)([O-])[O-].[O-][n+]1ccccc1SSc1cccc[n+]1[O-].[Zr+4]. The van der Waals surface area contributed by atoms with Gasteiger partial charge in [-0.1, -0.05) is 0 Å². The Labute approximate surface area is 181 Å². The van der Waals surface area contributed by atoms with Gasteiger partial charge >= 0.3 is 26.2 Å². The number of rotatable bonds is 3. The molecule has 146 valence electrons. The molecule has 12 nitrogen and oxygen atoms in total. The van der Waals surface area contributed by atoms with Gasteiger partial charge in [0.1, 0.15) is 0 Å². The Morgan fingerprint density at radius 2 is 0.926 bits per heavy atom. The molecular formula is C10H8N2O10S4Zr. The second-order valence-electron chi connectivity index (χ2n) is 3.71. The minimum Gasteiger partial charge on any atom is -0.759 e. The summed E-state index contributed by atoms with van der Waals surface area (Å²) in [5.74, 6) is 0. The molecule has 0 radical (unpaired) electrons. The zero-order valence-corrected chi connectivity index (χ0v) is 18.5. The molecule has 0 amide bonds. The van der Waals surface area contributed by atoms with Crippen LogP contribution in [-0.2, 0) is 47.0 Å². The predicted octanol–water partition coefficient (Wildman–Crippen LogP) is -0.926. The summed E-state index contributed by atoms with van der Waals surface area (Å²) in [6, 6.07) is 10.3. The van der Waals surface area contributed by atoms with Crippen LogP contribution in [0.1, 0.15) is 0 Å². The molecule has 0 aromatic carbocycles. The third-order valence-corrected chi connectivity index (χ3v) is 4.12. The molecule has 0 aliphatic carbocycles. The molecule has 0 atom stereocenters. The maximum atomic E-state index is 11.3. The van der Waals surface area contributed by atoms with Crippen LogP contribution in [0.2, 0.25) is 0 Å². The van der Waals surface area contributed by atoms with Crippen molar-refractivity contribution < 1.29 is 70.7 Å². The van der Waals surface area contributed by atoms with Gasteiger partial charge in [0.2, 0.25) is 0 Å². The molecule has 0 saturated carbocycles. The first-order valence-electron chi connectivity index (χ1n) is 5.81. The van der Waals surface area contributed by atoms with E-state index in [1.165, 1.54) is 34.0 Å². The molecule has 0 spiro atoms. The molecule has 2 rings (SSSR count). The molecule has 0 saturated heterocycles. The Kier molecular flexibility index (Phi) is 14.1. The Bertz CT molecular complexity index is 818. The van der Waals surface area contributed by atoms with E-state index in [2.05, 4.69) is 0 Å². The van der Waals surface area contributed by atoms with Gasteiger partial charge in [-0.2, -0.15) is 9.46 Å². The summed E-state index contributed by atoms with van der Waals surface area (Å²) in [7, 11) is -7.81. The summed E-state index contributed by atoms with van der Waals surface area (Å²) in [6.07, 6.45) is 2.86. The summed E-state index contributed by atoms with van der Waals surface area (Å²) in [6.45, 7) is 0. The van der Waals surface area contributed by atoms with E-state index in [-0.39, 0.29) is 26.2 Å². The zero-order valence-electron chi connectivity index (χ0n) is 12.7. The van der Waals surface area contributed by atoms with Crippen LogP contribution >= 0.6 is 21.6 Å². The number of hydrogen-bond donors (Lipinski definition) is 0. The van der Waals surface area contributed by atoms with Gasteiger partial charge < -0.3 is 28.6 Å². The molecule has 0 aliphatic heterocycles. The van der Waals surface area contributed by atoms with Crippen LogP contribution in [0, 0.1) is 10.4 Å². The molecule has 17 heteroatoms. The molecule has 0 unspecified atom stereocenters. The quantitative estimate of drug-likeness (QED) is 0.153. The van der Waals surface area contributed by atoms with Crippen molar-refractivity contribution in [3.05, 3.63) is 59.2 Å². The number of hydrogen-bond acceptors (Lipinski definition) is 12. The van der Waals surface area contributed by atoms with Crippen LogP contribution in [0.4, 0.5) is 0 Å². The zero-order chi connectivity index (χ0) is 20.4. The van der Waals surface area contributed by atoms with Crippen molar-refractivity contribution in [1.29, 1.82) is 0 Å². The van der Waals surface area contributed by atoms with Crippen LogP contribution < -0.4 is 9.46 Å². The van der Waals surface area contributed by atoms with Crippen LogP contribution in [0.5, 0.6) is 0 Å². The van der Waals surface area contributed by atoms with Gasteiger partial charge in [0.05, 0.1) is 0 Å². The van der Waals surface area contributed by atoms with Crippen LogP contribution in [0.15, 0.2) is 58.8 Å². The molecule has 2 aromatic heterocycles. The fraction of sp³-hybridized carbons (Fsp3) is 0. The molecule has 27 heavy (non-hydrogen) atoms. The summed E-state index contributed by atoms with van der Waals surface area (Å²) >= 11 is 0. The van der Waals surface area contributed by atoms with Crippen LogP contribution in [-0.4, -0.2) is 35.0 Å². The Morgan fingerprint density at radius 3 is 1.15 bits per heavy atom. The summed E-state index contributed by atoms with van der Waals surface area (Å²) in [4.78, 5) is 0. The van der Waals surface area contributed by atoms with E-state index in [0.717, 1.165) is 9.46 Å². The van der Waals surface area contributed by atoms with E-state index in [1.54, 1.807) is 36.4 Å². The molecule has 0 bridgehead atoms. The summed E-state index contributed by atoms with van der Waals surface area (Å²) < 4.78 is 69.7. The van der Waals surface area contributed by atoms with Crippen molar-refractivity contribution in [2.45, 2.75) is 10.1 Å². The number of aromatic nitrogens is 2. The standard InChI is InChI=1S/C10H8N2O2S2.2H2O4S.Zr/c13-11-7-3-1-5-9(11)15-16-10-6-2-4-8-12(10)14;2*1-5(2,3)4;/h1-8H;2*(H2,1,2,3,4);/q;;;+4/p-4. The van der Waals surface area contributed by atoms with Crippen LogP contribution in [0.3, 0.4) is 0 Å². The largest absolute Gasteiger partial charge is 4.00 e. The molecule has 2 heterocycles. The minimum absolute atomic E-state index is 0. The topological polar surface area (TPSA) is 214 Å². The van der Waals surface area contributed by atoms with Crippen molar-refractivity contribution in [1.82, 2.24) is 0 Å². The summed E-state index contributed by atoms with van der Waals surface area (Å²) in [5.41, 5.74) is 0. The van der Waals surface area contributed by atoms with Gasteiger partial charge in [0.15, 0.2) is 12.4 Å². The van der Waals surface area contributed by atoms with E-state index in [9.17, 15) is 10.4 Å². The first-order valence-corrected chi connectivity index (χ1v) is 10.6. The van der Waals surface area contributed by atoms with Gasteiger partial charge in [-0.25, -0.2) is 0 Å². The third kappa shape index (κ3) is 19.8. The average molecular weight is 536 g/mol. The maximum Gasteiger partial charge on any atom is 4.00 e. The van der Waals surface area contributed by atoms with Gasteiger partial charge in [-0.3, -0.25) is 16.8 Å². The van der Waals surface area contributed by atoms with Crippen molar-refractivity contribution in [2.24, 2.45) is 0 Å². The second kappa shape index (κ2) is 13.4. The first-order chi connectivity index (χ1) is 11.8. The molecule has 2 aromatic rings. The normalized spacial score (nSPS) is 10.4. The Morgan fingerprint density at radius 1 is 0.667 bits per heavy atom. The monoisotopic (exact) mass is 534 g/mol. The maximum absolute atomic E-state index is 11.3. The predicted molar refractivity (Wildman–Crippen MR) is 83.5 cm³/mol. The smallest absolute Gasteiger partial charge is 0.759 e. The molecular weight excluding hydrogens is 528 g/mol. The second-order valence-corrected chi connectivity index (χ2v) is 7.52. The minimum atomic E-state index is -5.17. The van der Waals surface area contributed by atoms with Crippen molar-refractivity contribution >= 4 is 42.4 Å². The Balaban J connectivity index is 0. The van der Waals surface area contributed by atoms with Crippen LogP contribution in [0.25, 0.3) is 0 Å². The number of nitrogens with zero attached hydrogens (tertiary/aromatic N) is 2. The Hall–Kier alpha value is -0.777. The van der Waals surface area contributed by atoms with Gasteiger partial charge in [0.25, 0.3) is 10.1 Å². The molecule has 0 N–H and O–H groups in total. The van der Waals surface area contributed by atoms with E-state index < -0.39 is 20.8 Å². The van der Waals surface area contributed by atoms with E-state index in [1.807, 2.05) is 0 Å². The molecule has 0 aliphatic rings. The fourth-order valence-corrected chi connectivity index (χ4v) is 3.03. The first kappa shape index (κ1) is 28.4. The fourth-order valence-electron chi connectivity index (χ4n) is 1.04. The van der Waals surface area contributed by atoms with Crippen molar-refractivity contribution in [3.8, 4) is 0 Å². The average Bonchev–Trinajstić information content (AvgIpc) is 2.44. The van der Waals surface area contributed by atoms with Crippen molar-refractivity contribution in [3.63, 3.8) is 0 Å². The van der Waals surface area contributed by atoms with Gasteiger partial charge in [-0.15, -0.1) is 0 Å². The van der Waals surface area contributed by atoms with E-state index in [4.69, 9.17) is 35.0 Å². The van der Waals surface area contributed by atoms with E-state index >= 15 is 0 Å². The number of pyridine rings is 2. The third-order valence-electron chi connectivity index (χ3n) is 1.79. The molecule has 0 fully saturated rings. The summed E-state index contributed by atoms with van der Waals surface area (Å²) in [5, 5.41) is 23.8. The van der Waals surface area contributed by atoms with Crippen molar-refractivity contribution in [2.75, 3.05) is 0 Å².